The van der Waals surface area contributed by atoms with Crippen molar-refractivity contribution < 1.29 is 0 Å². The molecule has 0 saturated carbocycles. The fourth-order valence-corrected chi connectivity index (χ4v) is 2.82. The van der Waals surface area contributed by atoms with E-state index in [0.717, 1.165) is 43.1 Å². The Morgan fingerprint density at radius 1 is 1.32 bits per heavy atom. The maximum Gasteiger partial charge on any atom is 0.110 e. The van der Waals surface area contributed by atoms with Crippen LogP contribution in [0, 0.1) is 5.92 Å². The lowest BCUT2D eigenvalue weighted by Crippen LogP contribution is -2.22. The number of H-pyrrole nitrogens is 1. The van der Waals surface area contributed by atoms with Crippen molar-refractivity contribution in [1.29, 1.82) is 0 Å². The molecule has 3 N–H and O–H groups in total. The Kier molecular flexibility index (Phi) is 3.58. The first kappa shape index (κ1) is 12.7. The van der Waals surface area contributed by atoms with Gasteiger partial charge in [-0.15, -0.1) is 0 Å². The lowest BCUT2D eigenvalue weighted by atomic mass is 9.90. The molecule has 0 saturated heterocycles. The minimum Gasteiger partial charge on any atom is -0.345 e. The topological polar surface area (TPSA) is 54.7 Å². The van der Waals surface area contributed by atoms with Gasteiger partial charge in [0.05, 0.1) is 5.69 Å². The molecule has 19 heavy (non-hydrogen) atoms. The fraction of sp³-hybridized carbons (Fsp3) is 0.400. The molecule has 0 fully saturated rings. The third-order valence-corrected chi connectivity index (χ3v) is 4.07. The van der Waals surface area contributed by atoms with Crippen molar-refractivity contribution in [2.75, 3.05) is 6.54 Å². The maximum atomic E-state index is 5.89. The quantitative estimate of drug-likeness (QED) is 0.905. The lowest BCUT2D eigenvalue weighted by Gasteiger charge is -2.18. The van der Waals surface area contributed by atoms with Gasteiger partial charge in [-0.2, -0.15) is 0 Å². The van der Waals surface area contributed by atoms with E-state index in [9.17, 15) is 0 Å². The molecule has 0 amide bonds. The van der Waals surface area contributed by atoms with Crippen molar-refractivity contribution in [1.82, 2.24) is 9.97 Å². The van der Waals surface area contributed by atoms with Gasteiger partial charge in [-0.25, -0.2) is 4.98 Å². The largest absolute Gasteiger partial charge is 0.345 e. The van der Waals surface area contributed by atoms with Gasteiger partial charge in [0.1, 0.15) is 5.82 Å². The van der Waals surface area contributed by atoms with Crippen LogP contribution in [-0.4, -0.2) is 16.5 Å². The molecule has 0 bridgehead atoms. The summed E-state index contributed by atoms with van der Waals surface area (Å²) in [5.74, 6) is 1.65. The number of fused-ring (bicyclic) bond motifs is 1. The van der Waals surface area contributed by atoms with E-state index in [4.69, 9.17) is 22.3 Å². The molecule has 0 aliphatic heterocycles. The van der Waals surface area contributed by atoms with Crippen LogP contribution in [-0.2, 0) is 19.3 Å². The first-order valence-electron chi connectivity index (χ1n) is 6.75. The second-order valence-corrected chi connectivity index (χ2v) is 5.69. The van der Waals surface area contributed by atoms with Crippen LogP contribution in [0.25, 0.3) is 0 Å². The van der Waals surface area contributed by atoms with E-state index >= 15 is 0 Å². The minimum absolute atomic E-state index is 0.608. The summed E-state index contributed by atoms with van der Waals surface area (Å²) in [6.07, 6.45) is 4.08. The van der Waals surface area contributed by atoms with Crippen LogP contribution in [0.3, 0.4) is 0 Å². The number of nitrogens with one attached hydrogen (secondary N) is 1. The van der Waals surface area contributed by atoms with Gasteiger partial charge in [0.25, 0.3) is 0 Å². The molecule has 1 aliphatic rings. The van der Waals surface area contributed by atoms with Gasteiger partial charge in [-0.05, 0) is 49.4 Å². The summed E-state index contributed by atoms with van der Waals surface area (Å²) in [5.41, 5.74) is 9.50. The summed E-state index contributed by atoms with van der Waals surface area (Å²) in [7, 11) is 0. The average Bonchev–Trinajstić information content (AvgIpc) is 2.82. The Labute approximate surface area is 118 Å². The van der Waals surface area contributed by atoms with Gasteiger partial charge in [-0.3, -0.25) is 0 Å². The Morgan fingerprint density at radius 3 is 2.84 bits per heavy atom. The van der Waals surface area contributed by atoms with Gasteiger partial charge in [-0.1, -0.05) is 23.7 Å². The van der Waals surface area contributed by atoms with Crippen LogP contribution >= 0.6 is 11.6 Å². The number of benzene rings is 1. The molecule has 1 atom stereocenters. The number of hydrogen-bond acceptors (Lipinski definition) is 2. The molecular formula is C15H18ClN3. The maximum absolute atomic E-state index is 5.89. The minimum atomic E-state index is 0.608. The summed E-state index contributed by atoms with van der Waals surface area (Å²) in [6.45, 7) is 0.769. The molecule has 3 rings (SSSR count). The Hall–Kier alpha value is -1.32. The molecule has 0 spiro atoms. The van der Waals surface area contributed by atoms with Gasteiger partial charge >= 0.3 is 0 Å². The van der Waals surface area contributed by atoms with E-state index in [-0.39, 0.29) is 0 Å². The van der Waals surface area contributed by atoms with Crippen LogP contribution in [0.1, 0.15) is 29.2 Å². The monoisotopic (exact) mass is 275 g/mol. The predicted octanol–water partition coefficient (Wildman–Crippen LogP) is 2.72. The highest BCUT2D eigenvalue weighted by atomic mass is 35.5. The van der Waals surface area contributed by atoms with Crippen molar-refractivity contribution in [3.8, 4) is 0 Å². The predicted molar refractivity (Wildman–Crippen MR) is 77.4 cm³/mol. The van der Waals surface area contributed by atoms with E-state index in [1.165, 1.54) is 17.0 Å². The number of nitrogens with zero attached hydrogens (tertiary/aromatic N) is 1. The smallest absolute Gasteiger partial charge is 0.110 e. The number of rotatable bonds is 3. The summed E-state index contributed by atoms with van der Waals surface area (Å²) in [6, 6.07) is 7.94. The number of imidazole rings is 1. The molecule has 1 aromatic heterocycles. The number of aromatic nitrogens is 2. The van der Waals surface area contributed by atoms with E-state index in [0.29, 0.717) is 5.92 Å². The molecule has 1 aliphatic carbocycles. The van der Waals surface area contributed by atoms with Crippen LogP contribution in [0.2, 0.25) is 5.02 Å². The van der Waals surface area contributed by atoms with Crippen molar-refractivity contribution in [3.63, 3.8) is 0 Å². The second-order valence-electron chi connectivity index (χ2n) is 5.26. The zero-order valence-electron chi connectivity index (χ0n) is 10.8. The first-order chi connectivity index (χ1) is 9.24. The van der Waals surface area contributed by atoms with Crippen LogP contribution < -0.4 is 5.73 Å². The third kappa shape index (κ3) is 2.82. The summed E-state index contributed by atoms with van der Waals surface area (Å²) in [4.78, 5) is 8.17. The third-order valence-electron chi connectivity index (χ3n) is 3.81. The molecule has 100 valence electrons. The fourth-order valence-electron chi connectivity index (χ4n) is 2.69. The number of halogens is 1. The van der Waals surface area contributed by atoms with E-state index in [1.54, 1.807) is 0 Å². The van der Waals surface area contributed by atoms with Gasteiger partial charge in [0.2, 0.25) is 0 Å². The molecule has 1 aromatic carbocycles. The standard InChI is InChI=1S/C15H18ClN3/c16-12-4-1-10(2-5-12)8-15-18-13-6-3-11(9-17)7-14(13)19-15/h1-2,4-5,11H,3,6-9,17H2,(H,18,19). The van der Waals surface area contributed by atoms with Crippen LogP contribution in [0.4, 0.5) is 0 Å². The molecule has 2 aromatic rings. The molecule has 3 nitrogen and oxygen atoms in total. The summed E-state index contributed by atoms with van der Waals surface area (Å²) >= 11 is 5.89. The SMILES string of the molecule is NCC1CCc2nc(Cc3ccc(Cl)cc3)[nH]c2C1. The van der Waals surface area contributed by atoms with E-state index in [1.807, 2.05) is 24.3 Å². The van der Waals surface area contributed by atoms with E-state index in [2.05, 4.69) is 4.98 Å². The lowest BCUT2D eigenvalue weighted by molar-refractivity contribution is 0.461. The number of nitrogens with two attached hydrogens (primary N) is 1. The normalized spacial score (nSPS) is 18.3. The van der Waals surface area contributed by atoms with Gasteiger partial charge < -0.3 is 10.7 Å². The number of aryl methyl sites for hydroxylation is 1. The first-order valence-corrected chi connectivity index (χ1v) is 7.13. The molecule has 0 radical (unpaired) electrons. The number of aromatic amines is 1. The van der Waals surface area contributed by atoms with Crippen molar-refractivity contribution in [3.05, 3.63) is 52.1 Å². The average molecular weight is 276 g/mol. The highest BCUT2D eigenvalue weighted by Crippen LogP contribution is 2.24. The van der Waals surface area contributed by atoms with E-state index < -0.39 is 0 Å². The molecule has 4 heteroatoms. The Bertz CT molecular complexity index is 559. The Balaban J connectivity index is 1.76. The van der Waals surface area contributed by atoms with Crippen molar-refractivity contribution in [2.24, 2.45) is 11.7 Å². The summed E-state index contributed by atoms with van der Waals surface area (Å²) < 4.78 is 0. The summed E-state index contributed by atoms with van der Waals surface area (Å²) in [5, 5.41) is 0.772. The second kappa shape index (κ2) is 5.35. The zero-order chi connectivity index (χ0) is 13.2. The Morgan fingerprint density at radius 2 is 2.11 bits per heavy atom. The highest BCUT2D eigenvalue weighted by Gasteiger charge is 2.20. The van der Waals surface area contributed by atoms with Crippen molar-refractivity contribution >= 4 is 11.6 Å². The molecule has 1 heterocycles. The van der Waals surface area contributed by atoms with Gasteiger partial charge in [0, 0.05) is 17.1 Å². The van der Waals surface area contributed by atoms with Gasteiger partial charge in [0.15, 0.2) is 0 Å². The highest BCUT2D eigenvalue weighted by molar-refractivity contribution is 6.30. The van der Waals surface area contributed by atoms with Crippen LogP contribution in [0.5, 0.6) is 0 Å². The zero-order valence-corrected chi connectivity index (χ0v) is 11.6. The van der Waals surface area contributed by atoms with Crippen molar-refractivity contribution in [2.45, 2.75) is 25.7 Å². The molecule has 1 unspecified atom stereocenters. The van der Waals surface area contributed by atoms with Crippen LogP contribution in [0.15, 0.2) is 24.3 Å². The molecular weight excluding hydrogens is 258 g/mol. The number of hydrogen-bond donors (Lipinski definition) is 2.